The summed E-state index contributed by atoms with van der Waals surface area (Å²) in [6.07, 6.45) is -0.278. The summed E-state index contributed by atoms with van der Waals surface area (Å²) in [6, 6.07) is 9.26. The van der Waals surface area contributed by atoms with Gasteiger partial charge in [-0.15, -0.1) is 0 Å². The number of hydrogen-bond acceptors (Lipinski definition) is 3. The lowest BCUT2D eigenvalue weighted by Gasteiger charge is -2.15. The quantitative estimate of drug-likeness (QED) is 0.705. The molecule has 3 N–H and O–H groups in total. The average molecular weight is 394 g/mol. The van der Waals surface area contributed by atoms with Crippen LogP contribution < -0.4 is 15.4 Å². The van der Waals surface area contributed by atoms with Gasteiger partial charge in [-0.25, -0.2) is 0 Å². The zero-order chi connectivity index (χ0) is 17.7. The molecular weight excluding hydrogens is 374 g/mol. The Morgan fingerprint density at radius 3 is 2.50 bits per heavy atom. The lowest BCUT2D eigenvalue weighted by Crippen LogP contribution is -2.23. The van der Waals surface area contributed by atoms with Gasteiger partial charge < -0.3 is 20.4 Å². The van der Waals surface area contributed by atoms with Crippen molar-refractivity contribution in [1.82, 2.24) is 15.6 Å². The summed E-state index contributed by atoms with van der Waals surface area (Å²) in [6.45, 7) is 4.21. The number of amides is 2. The first kappa shape index (κ1) is 18.1. The number of hydrogen-bond donors (Lipinski definition) is 3. The third-order valence-corrected chi connectivity index (χ3v) is 3.99. The molecule has 24 heavy (non-hydrogen) atoms. The Hall–Kier alpha value is -2.28. The summed E-state index contributed by atoms with van der Waals surface area (Å²) < 4.78 is 6.89. The molecule has 0 aliphatic rings. The number of carbonyl (C=O) groups is 2. The van der Waals surface area contributed by atoms with Gasteiger partial charge in [0.25, 0.3) is 11.8 Å². The van der Waals surface area contributed by atoms with Crippen molar-refractivity contribution >= 4 is 27.7 Å². The highest BCUT2D eigenvalue weighted by atomic mass is 79.9. The van der Waals surface area contributed by atoms with Crippen molar-refractivity contribution in [2.24, 2.45) is 0 Å². The maximum atomic E-state index is 12.0. The summed E-state index contributed by atoms with van der Waals surface area (Å²) in [5.41, 5.74) is 1.47. The van der Waals surface area contributed by atoms with Crippen LogP contribution >= 0.6 is 15.9 Å². The molecule has 1 atom stereocenters. The molecule has 1 heterocycles. The van der Waals surface area contributed by atoms with E-state index in [1.54, 1.807) is 6.07 Å². The summed E-state index contributed by atoms with van der Waals surface area (Å²) in [5.74, 6) is -0.289. The number of aromatic nitrogens is 1. The van der Waals surface area contributed by atoms with E-state index in [0.29, 0.717) is 12.3 Å². The highest BCUT2D eigenvalue weighted by Crippen LogP contribution is 2.27. The number of benzene rings is 1. The van der Waals surface area contributed by atoms with Crippen LogP contribution in [-0.4, -0.2) is 30.4 Å². The van der Waals surface area contributed by atoms with Crippen LogP contribution in [0, 0.1) is 0 Å². The summed E-state index contributed by atoms with van der Waals surface area (Å²) in [7, 11) is 1.52. The molecule has 0 aliphatic carbocycles. The highest BCUT2D eigenvalue weighted by molar-refractivity contribution is 9.10. The van der Waals surface area contributed by atoms with Crippen LogP contribution in [0.5, 0.6) is 5.75 Å². The first-order chi connectivity index (χ1) is 11.5. The predicted octanol–water partition coefficient (Wildman–Crippen LogP) is 3.03. The Labute approximate surface area is 149 Å². The molecule has 2 rings (SSSR count). The number of rotatable bonds is 6. The minimum Gasteiger partial charge on any atom is -0.484 e. The number of aromatic amines is 1. The van der Waals surface area contributed by atoms with Crippen LogP contribution in [0.2, 0.25) is 0 Å². The summed E-state index contributed by atoms with van der Waals surface area (Å²) in [4.78, 5) is 26.8. The molecule has 128 valence electrons. The Morgan fingerprint density at radius 1 is 1.25 bits per heavy atom. The molecule has 0 bridgehead atoms. The molecule has 0 unspecified atom stereocenters. The Balaban J connectivity index is 2.28. The van der Waals surface area contributed by atoms with Gasteiger partial charge in [-0.3, -0.25) is 9.59 Å². The topological polar surface area (TPSA) is 83.2 Å². The van der Waals surface area contributed by atoms with Gasteiger partial charge in [-0.2, -0.15) is 0 Å². The van der Waals surface area contributed by atoms with Gasteiger partial charge in [-0.05, 0) is 31.5 Å². The molecule has 0 fully saturated rings. The molecule has 2 amide bonds. The van der Waals surface area contributed by atoms with Crippen LogP contribution in [0.1, 0.15) is 46.5 Å². The molecule has 0 spiro atoms. The van der Waals surface area contributed by atoms with Gasteiger partial charge in [0.05, 0.1) is 0 Å². The van der Waals surface area contributed by atoms with Crippen LogP contribution in [0.25, 0.3) is 0 Å². The van der Waals surface area contributed by atoms with E-state index in [9.17, 15) is 9.59 Å². The van der Waals surface area contributed by atoms with E-state index in [1.807, 2.05) is 38.1 Å². The van der Waals surface area contributed by atoms with Crippen molar-refractivity contribution in [2.75, 3.05) is 13.6 Å². The maximum Gasteiger partial charge on any atom is 0.271 e. The van der Waals surface area contributed by atoms with E-state index in [0.717, 1.165) is 10.0 Å². The standard InChI is InChI=1S/C17H20BrN3O3/c1-4-20-16(22)13-9-14(15(21-13)17(23)19-3)24-10(2)11-5-7-12(18)8-6-11/h5-10,21H,4H2,1-3H3,(H,19,23)(H,20,22)/t10-/m1/s1. The molecule has 6 nitrogen and oxygen atoms in total. The van der Waals surface area contributed by atoms with Crippen molar-refractivity contribution < 1.29 is 14.3 Å². The Kier molecular flexibility index (Phi) is 6.03. The van der Waals surface area contributed by atoms with E-state index >= 15 is 0 Å². The molecule has 0 radical (unpaired) electrons. The van der Waals surface area contributed by atoms with Gasteiger partial charge in [0.1, 0.15) is 17.5 Å². The van der Waals surface area contributed by atoms with Crippen molar-refractivity contribution in [3.05, 3.63) is 51.8 Å². The minimum absolute atomic E-state index is 0.225. The average Bonchev–Trinajstić information content (AvgIpc) is 2.99. The molecule has 7 heteroatoms. The maximum absolute atomic E-state index is 12.0. The van der Waals surface area contributed by atoms with Crippen LogP contribution in [-0.2, 0) is 0 Å². The third kappa shape index (κ3) is 4.17. The first-order valence-electron chi connectivity index (χ1n) is 7.61. The molecule has 1 aromatic heterocycles. The number of halogens is 1. The van der Waals surface area contributed by atoms with Gasteiger partial charge in [0, 0.05) is 24.1 Å². The second kappa shape index (κ2) is 8.01. The number of nitrogens with one attached hydrogen (secondary N) is 3. The van der Waals surface area contributed by atoms with Gasteiger partial charge in [0.15, 0.2) is 5.75 Å². The smallest absolute Gasteiger partial charge is 0.271 e. The predicted molar refractivity (Wildman–Crippen MR) is 95.4 cm³/mol. The number of ether oxygens (including phenoxy) is 1. The second-order valence-electron chi connectivity index (χ2n) is 5.17. The summed E-state index contributed by atoms with van der Waals surface area (Å²) in [5, 5.41) is 5.23. The lowest BCUT2D eigenvalue weighted by atomic mass is 10.1. The van der Waals surface area contributed by atoms with E-state index in [2.05, 4.69) is 31.5 Å². The fraction of sp³-hybridized carbons (Fsp3) is 0.294. The van der Waals surface area contributed by atoms with Crippen molar-refractivity contribution in [3.8, 4) is 5.75 Å². The van der Waals surface area contributed by atoms with E-state index in [1.165, 1.54) is 7.05 Å². The zero-order valence-corrected chi connectivity index (χ0v) is 15.4. The highest BCUT2D eigenvalue weighted by Gasteiger charge is 2.21. The second-order valence-corrected chi connectivity index (χ2v) is 6.09. The SMILES string of the molecule is CCNC(=O)c1cc(O[C@H](C)c2ccc(Br)cc2)c(C(=O)NC)[nH]1. The molecular formula is C17H20BrN3O3. The fourth-order valence-electron chi connectivity index (χ4n) is 2.19. The van der Waals surface area contributed by atoms with Crippen molar-refractivity contribution in [2.45, 2.75) is 20.0 Å². The van der Waals surface area contributed by atoms with Gasteiger partial charge in [-0.1, -0.05) is 28.1 Å². The monoisotopic (exact) mass is 393 g/mol. The first-order valence-corrected chi connectivity index (χ1v) is 8.41. The lowest BCUT2D eigenvalue weighted by molar-refractivity contribution is 0.0951. The zero-order valence-electron chi connectivity index (χ0n) is 13.8. The minimum atomic E-state index is -0.344. The number of H-pyrrole nitrogens is 1. The van der Waals surface area contributed by atoms with Crippen molar-refractivity contribution in [1.29, 1.82) is 0 Å². The Bertz CT molecular complexity index is 725. The van der Waals surface area contributed by atoms with Gasteiger partial charge in [0.2, 0.25) is 0 Å². The molecule has 0 saturated carbocycles. The largest absolute Gasteiger partial charge is 0.484 e. The molecule has 1 aromatic carbocycles. The van der Waals surface area contributed by atoms with Crippen molar-refractivity contribution in [3.63, 3.8) is 0 Å². The van der Waals surface area contributed by atoms with Crippen LogP contribution in [0.4, 0.5) is 0 Å². The molecule has 0 aliphatic heterocycles. The van der Waals surface area contributed by atoms with Gasteiger partial charge >= 0.3 is 0 Å². The fourth-order valence-corrected chi connectivity index (χ4v) is 2.46. The number of carbonyl (C=O) groups excluding carboxylic acids is 2. The van der Waals surface area contributed by atoms with Crippen LogP contribution in [0.15, 0.2) is 34.8 Å². The van der Waals surface area contributed by atoms with E-state index in [4.69, 9.17) is 4.74 Å². The van der Waals surface area contributed by atoms with E-state index in [-0.39, 0.29) is 29.3 Å². The molecule has 0 saturated heterocycles. The van der Waals surface area contributed by atoms with E-state index < -0.39 is 0 Å². The summed E-state index contributed by atoms with van der Waals surface area (Å²) >= 11 is 3.39. The van der Waals surface area contributed by atoms with Crippen LogP contribution in [0.3, 0.4) is 0 Å². The normalized spacial score (nSPS) is 11.7. The Morgan fingerprint density at radius 2 is 1.92 bits per heavy atom. The molecule has 2 aromatic rings. The third-order valence-electron chi connectivity index (χ3n) is 3.46.